The van der Waals surface area contributed by atoms with Crippen LogP contribution in [0.15, 0.2) is 91.0 Å². The molecule has 0 atom stereocenters. The molecular weight excluding hydrogens is 466 g/mol. The quantitative estimate of drug-likeness (QED) is 0.325. The Kier molecular flexibility index (Phi) is 7.21. The van der Waals surface area contributed by atoms with Crippen LogP contribution >= 0.6 is 23.8 Å². The summed E-state index contributed by atoms with van der Waals surface area (Å²) in [6.07, 6.45) is 0. The number of hydrogen-bond donors (Lipinski definition) is 2. The van der Waals surface area contributed by atoms with Crippen LogP contribution in [0.1, 0.15) is 27.6 Å². The van der Waals surface area contributed by atoms with Crippen LogP contribution in [-0.4, -0.2) is 23.5 Å². The molecule has 0 radical (unpaired) electrons. The highest BCUT2D eigenvalue weighted by Gasteiger charge is 2.18. The predicted molar refractivity (Wildman–Crippen MR) is 143 cm³/mol. The SMILES string of the molecule is CCN(C(=O)c1ccc(NC(=S)NC(=O)c2cccc(Cl)c2)cc1)c1cccc2ccccc12. The molecule has 170 valence electrons. The summed E-state index contributed by atoms with van der Waals surface area (Å²) in [5.41, 5.74) is 2.48. The van der Waals surface area contributed by atoms with Crippen LogP contribution in [0.4, 0.5) is 11.4 Å². The number of carbonyl (C=O) groups is 2. The fourth-order valence-corrected chi connectivity index (χ4v) is 4.09. The van der Waals surface area contributed by atoms with Crippen LogP contribution in [0.5, 0.6) is 0 Å². The molecule has 0 aliphatic carbocycles. The number of amides is 2. The Labute approximate surface area is 208 Å². The van der Waals surface area contributed by atoms with Crippen molar-refractivity contribution in [3.05, 3.63) is 107 Å². The second-order valence-electron chi connectivity index (χ2n) is 7.54. The molecule has 2 amide bonds. The fourth-order valence-electron chi connectivity index (χ4n) is 3.69. The molecule has 0 aliphatic heterocycles. The molecule has 2 N–H and O–H groups in total. The molecule has 7 heteroatoms. The average Bonchev–Trinajstić information content (AvgIpc) is 2.85. The number of thiocarbonyl (C=S) groups is 1. The van der Waals surface area contributed by atoms with Gasteiger partial charge in [0.2, 0.25) is 0 Å². The molecule has 0 saturated carbocycles. The van der Waals surface area contributed by atoms with Crippen molar-refractivity contribution in [1.29, 1.82) is 0 Å². The molecule has 4 rings (SSSR count). The van der Waals surface area contributed by atoms with Gasteiger partial charge in [-0.3, -0.25) is 14.9 Å². The van der Waals surface area contributed by atoms with Crippen molar-refractivity contribution in [3.63, 3.8) is 0 Å². The number of nitrogens with zero attached hydrogens (tertiary/aromatic N) is 1. The molecular formula is C27H22ClN3O2S. The van der Waals surface area contributed by atoms with E-state index in [-0.39, 0.29) is 16.9 Å². The van der Waals surface area contributed by atoms with Crippen molar-refractivity contribution in [1.82, 2.24) is 5.32 Å². The monoisotopic (exact) mass is 487 g/mol. The second-order valence-corrected chi connectivity index (χ2v) is 8.39. The number of fused-ring (bicyclic) bond motifs is 1. The summed E-state index contributed by atoms with van der Waals surface area (Å²) in [4.78, 5) is 27.4. The summed E-state index contributed by atoms with van der Waals surface area (Å²) in [6, 6.07) is 27.5. The van der Waals surface area contributed by atoms with Gasteiger partial charge in [-0.1, -0.05) is 54.1 Å². The zero-order valence-corrected chi connectivity index (χ0v) is 20.0. The van der Waals surface area contributed by atoms with Gasteiger partial charge in [0.05, 0.1) is 5.69 Å². The third kappa shape index (κ3) is 5.25. The van der Waals surface area contributed by atoms with Crippen LogP contribution in [0.25, 0.3) is 10.8 Å². The first-order valence-corrected chi connectivity index (χ1v) is 11.5. The van der Waals surface area contributed by atoms with Crippen molar-refractivity contribution in [2.75, 3.05) is 16.8 Å². The summed E-state index contributed by atoms with van der Waals surface area (Å²) in [5.74, 6) is -0.456. The topological polar surface area (TPSA) is 61.4 Å². The summed E-state index contributed by atoms with van der Waals surface area (Å²) in [7, 11) is 0. The number of hydrogen-bond acceptors (Lipinski definition) is 3. The van der Waals surface area contributed by atoms with Crippen LogP contribution < -0.4 is 15.5 Å². The lowest BCUT2D eigenvalue weighted by Gasteiger charge is -2.23. The molecule has 4 aromatic carbocycles. The van der Waals surface area contributed by atoms with Gasteiger partial charge >= 0.3 is 0 Å². The lowest BCUT2D eigenvalue weighted by molar-refractivity contribution is 0.0973. The molecule has 0 spiro atoms. The number of anilines is 2. The Bertz CT molecular complexity index is 1370. The minimum atomic E-state index is -0.361. The van der Waals surface area contributed by atoms with Crippen molar-refractivity contribution >= 4 is 62.9 Å². The van der Waals surface area contributed by atoms with E-state index in [1.54, 1.807) is 53.4 Å². The van der Waals surface area contributed by atoms with Crippen LogP contribution in [0.2, 0.25) is 5.02 Å². The molecule has 0 fully saturated rings. The highest BCUT2D eigenvalue weighted by atomic mass is 35.5. The molecule has 0 aromatic heterocycles. The van der Waals surface area contributed by atoms with Gasteiger partial charge in [-0.15, -0.1) is 0 Å². The highest BCUT2D eigenvalue weighted by molar-refractivity contribution is 7.80. The standard InChI is InChI=1S/C27H22ClN3O2S/c1-2-31(24-12-6-8-18-7-3-4-11-23(18)24)26(33)19-13-15-22(16-14-19)29-27(34)30-25(32)20-9-5-10-21(28)17-20/h3-17H,2H2,1H3,(H2,29,30,32,34). The van der Waals surface area contributed by atoms with Crippen LogP contribution in [-0.2, 0) is 0 Å². The molecule has 0 heterocycles. The van der Waals surface area contributed by atoms with Crippen molar-refractivity contribution < 1.29 is 9.59 Å². The first-order chi connectivity index (χ1) is 16.5. The third-order valence-electron chi connectivity index (χ3n) is 5.32. The van der Waals surface area contributed by atoms with E-state index < -0.39 is 0 Å². The van der Waals surface area contributed by atoms with Crippen LogP contribution in [0.3, 0.4) is 0 Å². The Morgan fingerprint density at radius 1 is 0.882 bits per heavy atom. The fraction of sp³-hybridized carbons (Fsp3) is 0.0741. The molecule has 5 nitrogen and oxygen atoms in total. The normalized spacial score (nSPS) is 10.5. The average molecular weight is 488 g/mol. The zero-order chi connectivity index (χ0) is 24.1. The molecule has 0 aliphatic rings. The molecule has 0 unspecified atom stereocenters. The molecule has 34 heavy (non-hydrogen) atoms. The number of nitrogens with one attached hydrogen (secondary N) is 2. The summed E-state index contributed by atoms with van der Waals surface area (Å²) < 4.78 is 0. The summed E-state index contributed by atoms with van der Waals surface area (Å²) in [5, 5.41) is 8.31. The minimum absolute atomic E-state index is 0.0951. The van der Waals surface area contributed by atoms with E-state index in [9.17, 15) is 9.59 Å². The maximum atomic E-state index is 13.3. The highest BCUT2D eigenvalue weighted by Crippen LogP contribution is 2.28. The first-order valence-electron chi connectivity index (χ1n) is 10.7. The van der Waals surface area contributed by atoms with Gasteiger partial charge in [-0.05, 0) is 73.1 Å². The van der Waals surface area contributed by atoms with Gasteiger partial charge < -0.3 is 10.2 Å². The summed E-state index contributed by atoms with van der Waals surface area (Å²) >= 11 is 11.2. The van der Waals surface area contributed by atoms with Crippen molar-refractivity contribution in [3.8, 4) is 0 Å². The van der Waals surface area contributed by atoms with Gasteiger partial charge in [0.15, 0.2) is 5.11 Å². The van der Waals surface area contributed by atoms with Gasteiger partial charge in [0, 0.05) is 33.8 Å². The Hall–Kier alpha value is -3.74. The maximum absolute atomic E-state index is 13.3. The minimum Gasteiger partial charge on any atom is -0.332 e. The number of carbonyl (C=O) groups excluding carboxylic acids is 2. The smallest absolute Gasteiger partial charge is 0.258 e. The van der Waals surface area contributed by atoms with E-state index >= 15 is 0 Å². The third-order valence-corrected chi connectivity index (χ3v) is 5.76. The van der Waals surface area contributed by atoms with E-state index in [0.29, 0.717) is 28.4 Å². The van der Waals surface area contributed by atoms with Crippen molar-refractivity contribution in [2.24, 2.45) is 0 Å². The van der Waals surface area contributed by atoms with E-state index in [4.69, 9.17) is 23.8 Å². The Balaban J connectivity index is 1.45. The lowest BCUT2D eigenvalue weighted by atomic mass is 10.1. The van der Waals surface area contributed by atoms with E-state index in [0.717, 1.165) is 16.5 Å². The molecule has 4 aromatic rings. The largest absolute Gasteiger partial charge is 0.332 e. The predicted octanol–water partition coefficient (Wildman–Crippen LogP) is 6.29. The van der Waals surface area contributed by atoms with Gasteiger partial charge in [0.25, 0.3) is 11.8 Å². The van der Waals surface area contributed by atoms with E-state index in [2.05, 4.69) is 10.6 Å². The van der Waals surface area contributed by atoms with E-state index in [1.807, 2.05) is 49.4 Å². The van der Waals surface area contributed by atoms with Gasteiger partial charge in [-0.2, -0.15) is 0 Å². The second kappa shape index (κ2) is 10.5. The number of halogens is 1. The van der Waals surface area contributed by atoms with E-state index in [1.165, 1.54) is 0 Å². The first kappa shape index (κ1) is 23.4. The molecule has 0 saturated heterocycles. The Morgan fingerprint density at radius 3 is 2.32 bits per heavy atom. The van der Waals surface area contributed by atoms with Gasteiger partial charge in [0.1, 0.15) is 0 Å². The van der Waals surface area contributed by atoms with Gasteiger partial charge in [-0.25, -0.2) is 0 Å². The maximum Gasteiger partial charge on any atom is 0.258 e. The molecule has 0 bridgehead atoms. The Morgan fingerprint density at radius 2 is 1.59 bits per heavy atom. The number of benzene rings is 4. The van der Waals surface area contributed by atoms with Crippen LogP contribution in [0, 0.1) is 0 Å². The van der Waals surface area contributed by atoms with Crippen molar-refractivity contribution in [2.45, 2.75) is 6.92 Å². The number of rotatable bonds is 5. The zero-order valence-electron chi connectivity index (χ0n) is 18.4. The summed E-state index contributed by atoms with van der Waals surface area (Å²) in [6.45, 7) is 2.49. The lowest BCUT2D eigenvalue weighted by Crippen LogP contribution is -2.34.